The molecule has 2 aliphatic rings. The van der Waals surface area contributed by atoms with Crippen LogP contribution in [-0.4, -0.2) is 51.0 Å². The van der Waals surface area contributed by atoms with Gasteiger partial charge in [0.1, 0.15) is 0 Å². The number of hydrogen-bond donors (Lipinski definition) is 2. The van der Waals surface area contributed by atoms with Gasteiger partial charge in [0.2, 0.25) is 5.91 Å². The van der Waals surface area contributed by atoms with Crippen LogP contribution in [0.15, 0.2) is 0 Å². The zero-order valence-electron chi connectivity index (χ0n) is 9.88. The Morgan fingerprint density at radius 2 is 1.94 bits per heavy atom. The van der Waals surface area contributed by atoms with E-state index in [2.05, 4.69) is 0 Å². The van der Waals surface area contributed by atoms with E-state index in [0.717, 1.165) is 4.90 Å². The summed E-state index contributed by atoms with van der Waals surface area (Å²) in [6.07, 6.45) is -0.872. The number of rotatable bonds is 2. The fourth-order valence-electron chi connectivity index (χ4n) is 2.95. The Kier molecular flexibility index (Phi) is 2.33. The molecule has 2 heterocycles. The lowest BCUT2D eigenvalue weighted by atomic mass is 9.71. The lowest BCUT2D eigenvalue weighted by Crippen LogP contribution is -2.67. The third kappa shape index (κ3) is 1.27. The van der Waals surface area contributed by atoms with E-state index in [-0.39, 0.29) is 0 Å². The topological polar surface area (TPSA) is 94.9 Å². The highest BCUT2D eigenvalue weighted by Crippen LogP contribution is 2.49. The van der Waals surface area contributed by atoms with Crippen LogP contribution >= 0.6 is 0 Å². The average molecular weight is 241 g/mol. The van der Waals surface area contributed by atoms with E-state index in [4.69, 9.17) is 5.11 Å². The molecule has 2 fully saturated rings. The van der Waals surface area contributed by atoms with Gasteiger partial charge in [0, 0.05) is 5.41 Å². The predicted octanol–water partition coefficient (Wildman–Crippen LogP) is -0.744. The molecule has 0 bridgehead atoms. The number of carbonyl (C=O) groups is 3. The summed E-state index contributed by atoms with van der Waals surface area (Å²) in [6, 6.07) is -1.90. The van der Waals surface area contributed by atoms with Gasteiger partial charge in [-0.3, -0.25) is 9.59 Å². The first-order valence-electron chi connectivity index (χ1n) is 5.48. The number of nitrogens with zero attached hydrogens (tertiary/aromatic N) is 1. The summed E-state index contributed by atoms with van der Waals surface area (Å²) in [5.41, 5.74) is -0.918. The van der Waals surface area contributed by atoms with Crippen LogP contribution in [0.25, 0.3) is 0 Å². The second-order valence-electron chi connectivity index (χ2n) is 5.28. The first-order chi connectivity index (χ1) is 7.71. The lowest BCUT2D eigenvalue weighted by Gasteiger charge is -2.48. The number of hydrogen-bond acceptors (Lipinski definition) is 4. The molecule has 4 atom stereocenters. The smallest absolute Gasteiger partial charge is 0.334 e. The Balaban J connectivity index is 2.42. The summed E-state index contributed by atoms with van der Waals surface area (Å²) in [4.78, 5) is 35.9. The van der Waals surface area contributed by atoms with Gasteiger partial charge in [0.05, 0.1) is 18.1 Å². The molecule has 2 saturated heterocycles. The number of ketones is 1. The molecule has 94 valence electrons. The van der Waals surface area contributed by atoms with Crippen molar-refractivity contribution in [3.05, 3.63) is 0 Å². The van der Waals surface area contributed by atoms with Gasteiger partial charge < -0.3 is 15.1 Å². The number of amides is 1. The van der Waals surface area contributed by atoms with Crippen molar-refractivity contribution in [2.45, 2.75) is 39.0 Å². The zero-order valence-corrected chi connectivity index (χ0v) is 9.88. The monoisotopic (exact) mass is 241 g/mol. The van der Waals surface area contributed by atoms with E-state index < -0.39 is 47.2 Å². The molecule has 6 nitrogen and oxygen atoms in total. The van der Waals surface area contributed by atoms with Crippen molar-refractivity contribution in [3.63, 3.8) is 0 Å². The normalized spacial score (nSPS) is 36.5. The van der Waals surface area contributed by atoms with E-state index in [0.29, 0.717) is 0 Å². The van der Waals surface area contributed by atoms with E-state index in [9.17, 15) is 19.5 Å². The van der Waals surface area contributed by atoms with Gasteiger partial charge in [-0.05, 0) is 6.92 Å². The summed E-state index contributed by atoms with van der Waals surface area (Å²) in [6.45, 7) is 4.73. The lowest BCUT2D eigenvalue weighted by molar-refractivity contribution is -0.173. The van der Waals surface area contributed by atoms with Crippen LogP contribution in [0.3, 0.4) is 0 Å². The highest BCUT2D eigenvalue weighted by Gasteiger charge is 2.69. The van der Waals surface area contributed by atoms with Gasteiger partial charge in [-0.2, -0.15) is 0 Å². The second kappa shape index (κ2) is 3.29. The first-order valence-corrected chi connectivity index (χ1v) is 5.48. The molecule has 6 heteroatoms. The summed E-state index contributed by atoms with van der Waals surface area (Å²) in [5, 5.41) is 18.5. The Labute approximate surface area is 98.2 Å². The van der Waals surface area contributed by atoms with E-state index in [1.165, 1.54) is 6.92 Å². The number of aliphatic carboxylic acids is 1. The van der Waals surface area contributed by atoms with Crippen LogP contribution < -0.4 is 0 Å². The minimum absolute atomic E-state index is 0.448. The Hall–Kier alpha value is -1.43. The van der Waals surface area contributed by atoms with Gasteiger partial charge in [0.15, 0.2) is 11.8 Å². The molecule has 2 N–H and O–H groups in total. The summed E-state index contributed by atoms with van der Waals surface area (Å²) >= 11 is 0. The average Bonchev–Trinajstić information content (AvgIpc) is 2.34. The first kappa shape index (κ1) is 12.0. The van der Waals surface area contributed by atoms with Crippen LogP contribution in [0.2, 0.25) is 0 Å². The van der Waals surface area contributed by atoms with Gasteiger partial charge in [0.25, 0.3) is 0 Å². The molecule has 1 unspecified atom stereocenters. The molecule has 0 aromatic carbocycles. The largest absolute Gasteiger partial charge is 0.479 e. The summed E-state index contributed by atoms with van der Waals surface area (Å²) in [5.74, 6) is -2.89. The number of carboxylic acid groups (broad SMARTS) is 1. The molecule has 0 saturated carbocycles. The van der Waals surface area contributed by atoms with E-state index >= 15 is 0 Å². The number of carboxylic acids is 1. The molecular formula is C11H15NO5. The fraction of sp³-hybridized carbons (Fsp3) is 0.727. The number of β-lactam (4-membered cyclic amide) rings is 1. The zero-order chi connectivity index (χ0) is 13.1. The van der Waals surface area contributed by atoms with Crippen LogP contribution in [0.1, 0.15) is 20.8 Å². The Morgan fingerprint density at radius 1 is 1.41 bits per heavy atom. The standard InChI is InChI=1S/C11H15NO5/c1-4(13)5-7-11(2,3)8(14)6(10(16)17)12(7)9(5)15/h4-7,13H,1-3H3,(H,16,17)/t4-,5-,6?,7-/m1/s1. The highest BCUT2D eigenvalue weighted by atomic mass is 16.4. The molecule has 0 radical (unpaired) electrons. The maximum Gasteiger partial charge on any atom is 0.334 e. The van der Waals surface area contributed by atoms with E-state index in [1.807, 2.05) is 0 Å². The second-order valence-corrected chi connectivity index (χ2v) is 5.28. The van der Waals surface area contributed by atoms with Crippen molar-refractivity contribution in [2.24, 2.45) is 11.3 Å². The number of aliphatic hydroxyl groups excluding tert-OH is 1. The molecule has 0 spiro atoms. The van der Waals surface area contributed by atoms with Crippen molar-refractivity contribution in [1.29, 1.82) is 0 Å². The molecular weight excluding hydrogens is 226 g/mol. The number of carbonyl (C=O) groups excluding carboxylic acids is 2. The summed E-state index contributed by atoms with van der Waals surface area (Å²) < 4.78 is 0. The van der Waals surface area contributed by atoms with Gasteiger partial charge in [-0.25, -0.2) is 4.79 Å². The molecule has 0 aliphatic carbocycles. The van der Waals surface area contributed by atoms with Crippen LogP contribution in [0, 0.1) is 11.3 Å². The van der Waals surface area contributed by atoms with Gasteiger partial charge >= 0.3 is 5.97 Å². The number of Topliss-reactive ketones (excluding diaryl/α,β-unsaturated/α-hetero) is 1. The molecule has 2 rings (SSSR count). The van der Waals surface area contributed by atoms with Gasteiger partial charge in [-0.15, -0.1) is 0 Å². The van der Waals surface area contributed by atoms with Crippen molar-refractivity contribution in [2.75, 3.05) is 0 Å². The van der Waals surface area contributed by atoms with Crippen LogP contribution in [0.5, 0.6) is 0 Å². The SMILES string of the molecule is C[C@@H](O)[C@H]1C(=O)N2C(C(=O)O)C(=O)C(C)(C)[C@@H]12. The predicted molar refractivity (Wildman–Crippen MR) is 56.0 cm³/mol. The van der Waals surface area contributed by atoms with E-state index in [1.54, 1.807) is 13.8 Å². The van der Waals surface area contributed by atoms with Crippen molar-refractivity contribution in [3.8, 4) is 0 Å². The van der Waals surface area contributed by atoms with Crippen molar-refractivity contribution < 1.29 is 24.6 Å². The Bertz CT molecular complexity index is 414. The third-order valence-corrected chi connectivity index (χ3v) is 3.83. The quantitative estimate of drug-likeness (QED) is 0.490. The third-order valence-electron chi connectivity index (χ3n) is 3.83. The fourth-order valence-corrected chi connectivity index (χ4v) is 2.95. The minimum Gasteiger partial charge on any atom is -0.479 e. The van der Waals surface area contributed by atoms with Crippen molar-refractivity contribution >= 4 is 17.7 Å². The Morgan fingerprint density at radius 3 is 2.35 bits per heavy atom. The molecule has 0 aromatic heterocycles. The summed E-state index contributed by atoms with van der Waals surface area (Å²) in [7, 11) is 0. The molecule has 0 aromatic rings. The van der Waals surface area contributed by atoms with Crippen LogP contribution in [0.4, 0.5) is 0 Å². The number of aliphatic hydroxyl groups is 1. The molecule has 17 heavy (non-hydrogen) atoms. The number of fused-ring (bicyclic) bond motifs is 1. The maximum absolute atomic E-state index is 12.0. The highest BCUT2D eigenvalue weighted by molar-refractivity contribution is 6.13. The molecule has 1 amide bonds. The maximum atomic E-state index is 12.0. The minimum atomic E-state index is -1.39. The van der Waals surface area contributed by atoms with Crippen LogP contribution in [-0.2, 0) is 14.4 Å². The van der Waals surface area contributed by atoms with Crippen molar-refractivity contribution in [1.82, 2.24) is 4.90 Å². The van der Waals surface area contributed by atoms with Gasteiger partial charge in [-0.1, -0.05) is 13.8 Å². The molecule has 2 aliphatic heterocycles.